The summed E-state index contributed by atoms with van der Waals surface area (Å²) in [5.74, 6) is -0.433. The van der Waals surface area contributed by atoms with Gasteiger partial charge in [0.1, 0.15) is 0 Å². The van der Waals surface area contributed by atoms with Crippen molar-refractivity contribution in [3.63, 3.8) is 0 Å². The van der Waals surface area contributed by atoms with Gasteiger partial charge in [0, 0.05) is 13.1 Å². The summed E-state index contributed by atoms with van der Waals surface area (Å²) in [6, 6.07) is 1.50. The molecule has 1 N–H and O–H groups in total. The summed E-state index contributed by atoms with van der Waals surface area (Å²) in [7, 11) is 0. The lowest BCUT2D eigenvalue weighted by atomic mass is 10.2. The van der Waals surface area contributed by atoms with Gasteiger partial charge in [0.05, 0.1) is 18.4 Å². The lowest BCUT2D eigenvalue weighted by Gasteiger charge is -2.26. The Labute approximate surface area is 91.0 Å². The van der Waals surface area contributed by atoms with Crippen LogP contribution in [-0.2, 0) is 4.79 Å². The predicted octanol–water partition coefficient (Wildman–Crippen LogP) is 0.505. The normalized spacial score (nSPS) is 16.3. The van der Waals surface area contributed by atoms with E-state index in [0.29, 0.717) is 18.7 Å². The van der Waals surface area contributed by atoms with E-state index in [9.17, 15) is 9.59 Å². The predicted molar refractivity (Wildman–Crippen MR) is 52.6 cm³/mol. The highest BCUT2D eigenvalue weighted by molar-refractivity contribution is 6.32. The molecule has 1 aromatic rings. The van der Waals surface area contributed by atoms with Gasteiger partial charge < -0.3 is 14.6 Å². The molecule has 0 spiro atoms. The SMILES string of the molecule is O=C1CN(C(=O)c2ccoc2Cl)CCN1. The van der Waals surface area contributed by atoms with Gasteiger partial charge in [0.2, 0.25) is 11.1 Å². The average Bonchev–Trinajstić information content (AvgIpc) is 2.63. The van der Waals surface area contributed by atoms with Gasteiger partial charge in [0.25, 0.3) is 5.91 Å². The van der Waals surface area contributed by atoms with Gasteiger partial charge in [-0.2, -0.15) is 0 Å². The molecule has 1 saturated heterocycles. The van der Waals surface area contributed by atoms with Crippen LogP contribution >= 0.6 is 11.6 Å². The van der Waals surface area contributed by atoms with Crippen molar-refractivity contribution in [2.24, 2.45) is 0 Å². The summed E-state index contributed by atoms with van der Waals surface area (Å²) < 4.78 is 4.82. The van der Waals surface area contributed by atoms with E-state index >= 15 is 0 Å². The standard InChI is InChI=1S/C9H9ClN2O3/c10-8-6(1-4-15-8)9(14)12-3-2-11-7(13)5-12/h1,4H,2-3,5H2,(H,11,13). The van der Waals surface area contributed by atoms with Gasteiger partial charge in [0.15, 0.2) is 0 Å². The van der Waals surface area contributed by atoms with Crippen LogP contribution in [0.15, 0.2) is 16.7 Å². The van der Waals surface area contributed by atoms with Crippen LogP contribution in [0.5, 0.6) is 0 Å². The Bertz CT molecular complexity index is 402. The lowest BCUT2D eigenvalue weighted by molar-refractivity contribution is -0.123. The first-order valence-electron chi connectivity index (χ1n) is 4.47. The number of hydrogen-bond acceptors (Lipinski definition) is 3. The minimum atomic E-state index is -0.274. The third-order valence-electron chi connectivity index (χ3n) is 2.17. The van der Waals surface area contributed by atoms with E-state index in [0.717, 1.165) is 0 Å². The second kappa shape index (κ2) is 3.94. The molecule has 0 atom stereocenters. The van der Waals surface area contributed by atoms with Crippen LogP contribution in [0, 0.1) is 0 Å². The van der Waals surface area contributed by atoms with Crippen LogP contribution in [0.1, 0.15) is 10.4 Å². The molecule has 15 heavy (non-hydrogen) atoms. The zero-order chi connectivity index (χ0) is 10.8. The summed E-state index contributed by atoms with van der Waals surface area (Å²) in [5, 5.41) is 2.70. The van der Waals surface area contributed by atoms with Crippen molar-refractivity contribution in [3.05, 3.63) is 23.1 Å². The Morgan fingerprint density at radius 1 is 1.60 bits per heavy atom. The van der Waals surface area contributed by atoms with Crippen LogP contribution in [0.2, 0.25) is 5.22 Å². The number of piperazine rings is 1. The quantitative estimate of drug-likeness (QED) is 0.762. The number of amides is 2. The number of nitrogens with zero attached hydrogens (tertiary/aromatic N) is 1. The summed E-state index contributed by atoms with van der Waals surface area (Å²) in [5.41, 5.74) is 0.298. The average molecular weight is 229 g/mol. The number of halogens is 1. The highest BCUT2D eigenvalue weighted by Crippen LogP contribution is 2.18. The fourth-order valence-corrected chi connectivity index (χ4v) is 1.62. The number of hydrogen-bond donors (Lipinski definition) is 1. The first-order chi connectivity index (χ1) is 7.18. The summed E-state index contributed by atoms with van der Waals surface area (Å²) >= 11 is 5.68. The maximum absolute atomic E-state index is 11.8. The minimum Gasteiger partial charge on any atom is -0.452 e. The molecule has 2 heterocycles. The molecule has 80 valence electrons. The molecule has 0 bridgehead atoms. The van der Waals surface area contributed by atoms with Gasteiger partial charge in [-0.3, -0.25) is 9.59 Å². The van der Waals surface area contributed by atoms with Crippen molar-refractivity contribution in [1.82, 2.24) is 10.2 Å². The molecule has 1 aromatic heterocycles. The monoisotopic (exact) mass is 228 g/mol. The van der Waals surface area contributed by atoms with Gasteiger partial charge in [-0.25, -0.2) is 0 Å². The zero-order valence-electron chi connectivity index (χ0n) is 7.83. The van der Waals surface area contributed by atoms with E-state index in [-0.39, 0.29) is 23.6 Å². The Kier molecular flexibility index (Phi) is 2.64. The Morgan fingerprint density at radius 3 is 3.00 bits per heavy atom. The number of furan rings is 1. The van der Waals surface area contributed by atoms with Crippen molar-refractivity contribution in [2.45, 2.75) is 0 Å². The van der Waals surface area contributed by atoms with Crippen LogP contribution in [-0.4, -0.2) is 36.3 Å². The first-order valence-corrected chi connectivity index (χ1v) is 4.85. The molecule has 0 unspecified atom stereocenters. The third kappa shape index (κ3) is 1.97. The Balaban J connectivity index is 2.14. The fraction of sp³-hybridized carbons (Fsp3) is 0.333. The molecule has 2 rings (SSSR count). The number of carbonyl (C=O) groups is 2. The molecule has 1 fully saturated rings. The second-order valence-electron chi connectivity index (χ2n) is 3.18. The summed E-state index contributed by atoms with van der Waals surface area (Å²) in [6.45, 7) is 1.03. The van der Waals surface area contributed by atoms with Gasteiger partial charge in [-0.1, -0.05) is 0 Å². The molecule has 5 nitrogen and oxygen atoms in total. The van der Waals surface area contributed by atoms with Gasteiger partial charge >= 0.3 is 0 Å². The minimum absolute atomic E-state index is 0.0611. The maximum atomic E-state index is 11.8. The van der Waals surface area contributed by atoms with Crippen molar-refractivity contribution in [2.75, 3.05) is 19.6 Å². The molecule has 1 aliphatic heterocycles. The molecule has 6 heteroatoms. The van der Waals surface area contributed by atoms with E-state index in [2.05, 4.69) is 5.32 Å². The van der Waals surface area contributed by atoms with Crippen molar-refractivity contribution in [3.8, 4) is 0 Å². The molecular weight excluding hydrogens is 220 g/mol. The molecule has 2 amide bonds. The summed E-state index contributed by atoms with van der Waals surface area (Å²) in [4.78, 5) is 24.3. The van der Waals surface area contributed by atoms with E-state index in [1.165, 1.54) is 17.2 Å². The van der Waals surface area contributed by atoms with Crippen LogP contribution in [0.25, 0.3) is 0 Å². The van der Waals surface area contributed by atoms with Crippen LogP contribution < -0.4 is 5.32 Å². The molecular formula is C9H9ClN2O3. The van der Waals surface area contributed by atoms with Crippen molar-refractivity contribution < 1.29 is 14.0 Å². The van der Waals surface area contributed by atoms with E-state index in [1.54, 1.807) is 0 Å². The Morgan fingerprint density at radius 2 is 2.40 bits per heavy atom. The molecule has 0 aliphatic carbocycles. The number of nitrogens with one attached hydrogen (secondary N) is 1. The fourth-order valence-electron chi connectivity index (χ4n) is 1.43. The topological polar surface area (TPSA) is 62.6 Å². The van der Waals surface area contributed by atoms with E-state index in [1.807, 2.05) is 0 Å². The van der Waals surface area contributed by atoms with Gasteiger partial charge in [-0.15, -0.1) is 0 Å². The lowest BCUT2D eigenvalue weighted by Crippen LogP contribution is -2.49. The summed E-state index contributed by atoms with van der Waals surface area (Å²) in [6.07, 6.45) is 1.35. The molecule has 0 saturated carbocycles. The van der Waals surface area contributed by atoms with Crippen LogP contribution in [0.4, 0.5) is 0 Å². The zero-order valence-corrected chi connectivity index (χ0v) is 8.58. The van der Waals surface area contributed by atoms with Crippen LogP contribution in [0.3, 0.4) is 0 Å². The second-order valence-corrected chi connectivity index (χ2v) is 3.53. The number of rotatable bonds is 1. The highest BCUT2D eigenvalue weighted by atomic mass is 35.5. The van der Waals surface area contributed by atoms with Crippen molar-refractivity contribution >= 4 is 23.4 Å². The first kappa shape index (κ1) is 10.0. The van der Waals surface area contributed by atoms with E-state index < -0.39 is 0 Å². The molecule has 0 radical (unpaired) electrons. The smallest absolute Gasteiger partial charge is 0.259 e. The maximum Gasteiger partial charge on any atom is 0.259 e. The molecule has 1 aliphatic rings. The van der Waals surface area contributed by atoms with Crippen molar-refractivity contribution in [1.29, 1.82) is 0 Å². The largest absolute Gasteiger partial charge is 0.452 e. The number of carbonyl (C=O) groups excluding carboxylic acids is 2. The highest BCUT2D eigenvalue weighted by Gasteiger charge is 2.24. The van der Waals surface area contributed by atoms with Gasteiger partial charge in [-0.05, 0) is 17.7 Å². The third-order valence-corrected chi connectivity index (χ3v) is 2.47. The molecule has 0 aromatic carbocycles. The van der Waals surface area contributed by atoms with E-state index in [4.69, 9.17) is 16.0 Å². The Hall–Kier alpha value is -1.49.